The number of nitrogens with zero attached hydrogens (tertiary/aromatic N) is 1. The van der Waals surface area contributed by atoms with Crippen LogP contribution in [0.4, 0.5) is 0 Å². The fraction of sp³-hybridized carbons (Fsp3) is 0.571. The van der Waals surface area contributed by atoms with Gasteiger partial charge in [0.15, 0.2) is 0 Å². The van der Waals surface area contributed by atoms with Crippen molar-refractivity contribution in [3.8, 4) is 0 Å². The average Bonchev–Trinajstić information content (AvgIpc) is 2.41. The monoisotopic (exact) mass is 298 g/mol. The number of aliphatic hydroxyl groups is 1. The van der Waals surface area contributed by atoms with Crippen LogP contribution in [0.15, 0.2) is 29.2 Å². The van der Waals surface area contributed by atoms with Gasteiger partial charge < -0.3 is 10.8 Å². The smallest absolute Gasteiger partial charge is 0.243 e. The molecular formula is C14H22N2O3S. The van der Waals surface area contributed by atoms with Crippen LogP contribution in [0, 0.1) is 0 Å². The highest BCUT2D eigenvalue weighted by molar-refractivity contribution is 7.89. The molecule has 0 saturated heterocycles. The largest absolute Gasteiger partial charge is 0.396 e. The zero-order valence-electron chi connectivity index (χ0n) is 11.5. The van der Waals surface area contributed by atoms with Crippen molar-refractivity contribution in [3.63, 3.8) is 0 Å². The molecule has 0 aromatic heterocycles. The topological polar surface area (TPSA) is 83.6 Å². The van der Waals surface area contributed by atoms with Crippen molar-refractivity contribution in [2.24, 2.45) is 5.73 Å². The molecule has 2 rings (SSSR count). The van der Waals surface area contributed by atoms with E-state index in [4.69, 9.17) is 10.8 Å². The molecule has 5 nitrogen and oxygen atoms in total. The third kappa shape index (κ3) is 3.03. The first-order valence-electron chi connectivity index (χ1n) is 7.02. The van der Waals surface area contributed by atoms with Gasteiger partial charge in [0.1, 0.15) is 0 Å². The predicted molar refractivity (Wildman–Crippen MR) is 77.6 cm³/mol. The van der Waals surface area contributed by atoms with Crippen LogP contribution in [0.25, 0.3) is 0 Å². The number of aliphatic hydroxyl groups excluding tert-OH is 1. The molecule has 1 aliphatic rings. The molecule has 0 radical (unpaired) electrons. The molecule has 1 saturated carbocycles. The maximum Gasteiger partial charge on any atom is 0.243 e. The summed E-state index contributed by atoms with van der Waals surface area (Å²) >= 11 is 0. The van der Waals surface area contributed by atoms with Crippen LogP contribution in [0.5, 0.6) is 0 Å². The molecule has 3 N–H and O–H groups in total. The van der Waals surface area contributed by atoms with Gasteiger partial charge in [0.2, 0.25) is 10.0 Å². The second-order valence-corrected chi connectivity index (χ2v) is 6.95. The lowest BCUT2D eigenvalue weighted by atomic mass is 9.93. The van der Waals surface area contributed by atoms with Crippen molar-refractivity contribution in [3.05, 3.63) is 29.8 Å². The van der Waals surface area contributed by atoms with Crippen LogP contribution >= 0.6 is 0 Å². The zero-order chi connectivity index (χ0) is 14.6. The Labute approximate surface area is 120 Å². The van der Waals surface area contributed by atoms with Gasteiger partial charge in [-0.05, 0) is 30.9 Å². The standard InChI is InChI=1S/C14H22N2O3S/c15-11-12-5-1-2-8-14(12)20(18,19)16(9-4-10-17)13-6-3-7-13/h1-2,5,8,13,17H,3-4,6-7,9-11,15H2. The molecule has 1 aromatic rings. The van der Waals surface area contributed by atoms with Crippen molar-refractivity contribution in [1.82, 2.24) is 4.31 Å². The maximum absolute atomic E-state index is 12.8. The lowest BCUT2D eigenvalue weighted by molar-refractivity contribution is 0.198. The zero-order valence-corrected chi connectivity index (χ0v) is 12.3. The number of benzene rings is 1. The van der Waals surface area contributed by atoms with E-state index in [1.807, 2.05) is 0 Å². The van der Waals surface area contributed by atoms with Crippen LogP contribution in [0.3, 0.4) is 0 Å². The molecule has 0 bridgehead atoms. The van der Waals surface area contributed by atoms with Gasteiger partial charge in [-0.15, -0.1) is 0 Å². The van der Waals surface area contributed by atoms with E-state index in [2.05, 4.69) is 0 Å². The second kappa shape index (κ2) is 6.67. The molecule has 112 valence electrons. The Morgan fingerprint density at radius 3 is 2.55 bits per heavy atom. The Hall–Kier alpha value is -0.950. The summed E-state index contributed by atoms with van der Waals surface area (Å²) in [6.45, 7) is 0.563. The summed E-state index contributed by atoms with van der Waals surface area (Å²) in [5.74, 6) is 0. The van der Waals surface area contributed by atoms with Crippen molar-refractivity contribution in [2.45, 2.75) is 43.2 Å². The molecule has 1 aliphatic carbocycles. The Morgan fingerprint density at radius 1 is 1.30 bits per heavy atom. The molecule has 6 heteroatoms. The number of rotatable bonds is 7. The molecule has 0 heterocycles. The Morgan fingerprint density at radius 2 is 2.00 bits per heavy atom. The summed E-state index contributed by atoms with van der Waals surface area (Å²) in [6.07, 6.45) is 3.32. The molecule has 0 aliphatic heterocycles. The number of sulfonamides is 1. The molecule has 0 spiro atoms. The van der Waals surface area contributed by atoms with E-state index in [0.717, 1.165) is 19.3 Å². The number of nitrogens with two attached hydrogens (primary N) is 1. The minimum Gasteiger partial charge on any atom is -0.396 e. The fourth-order valence-corrected chi connectivity index (χ4v) is 4.41. The van der Waals surface area contributed by atoms with Gasteiger partial charge in [-0.25, -0.2) is 8.42 Å². The minimum atomic E-state index is -3.53. The van der Waals surface area contributed by atoms with Gasteiger partial charge in [0.25, 0.3) is 0 Å². The quantitative estimate of drug-likeness (QED) is 0.789. The molecule has 0 unspecified atom stereocenters. The van der Waals surface area contributed by atoms with Crippen molar-refractivity contribution >= 4 is 10.0 Å². The van der Waals surface area contributed by atoms with E-state index < -0.39 is 10.0 Å². The van der Waals surface area contributed by atoms with E-state index in [-0.39, 0.29) is 19.2 Å². The van der Waals surface area contributed by atoms with Crippen molar-refractivity contribution in [2.75, 3.05) is 13.2 Å². The number of hydrogen-bond acceptors (Lipinski definition) is 4. The molecule has 20 heavy (non-hydrogen) atoms. The van der Waals surface area contributed by atoms with E-state index in [0.29, 0.717) is 23.4 Å². The molecular weight excluding hydrogens is 276 g/mol. The van der Waals surface area contributed by atoms with Gasteiger partial charge in [-0.2, -0.15) is 4.31 Å². The van der Waals surface area contributed by atoms with Crippen molar-refractivity contribution < 1.29 is 13.5 Å². The molecule has 1 fully saturated rings. The summed E-state index contributed by atoms with van der Waals surface area (Å²) in [6, 6.07) is 6.94. The van der Waals surface area contributed by atoms with E-state index in [9.17, 15) is 8.42 Å². The van der Waals surface area contributed by atoms with Crippen LogP contribution in [0.1, 0.15) is 31.2 Å². The SMILES string of the molecule is NCc1ccccc1S(=O)(=O)N(CCCO)C1CCC1. The lowest BCUT2D eigenvalue weighted by Crippen LogP contribution is -2.45. The van der Waals surface area contributed by atoms with Crippen LogP contribution in [0.2, 0.25) is 0 Å². The average molecular weight is 298 g/mol. The van der Waals surface area contributed by atoms with Gasteiger partial charge in [-0.3, -0.25) is 0 Å². The first kappa shape index (κ1) is 15.4. The summed E-state index contributed by atoms with van der Waals surface area (Å²) in [5, 5.41) is 8.98. The van der Waals surface area contributed by atoms with Gasteiger partial charge in [-0.1, -0.05) is 24.6 Å². The van der Waals surface area contributed by atoms with Gasteiger partial charge in [0, 0.05) is 25.7 Å². The highest BCUT2D eigenvalue weighted by Gasteiger charge is 2.35. The summed E-state index contributed by atoms with van der Waals surface area (Å²) < 4.78 is 27.2. The van der Waals surface area contributed by atoms with Gasteiger partial charge >= 0.3 is 0 Å². The van der Waals surface area contributed by atoms with Crippen LogP contribution in [-0.2, 0) is 16.6 Å². The Kier molecular flexibility index (Phi) is 5.15. The van der Waals surface area contributed by atoms with Crippen LogP contribution in [-0.4, -0.2) is 37.0 Å². The fourth-order valence-electron chi connectivity index (χ4n) is 2.45. The first-order valence-corrected chi connectivity index (χ1v) is 8.46. The second-order valence-electron chi connectivity index (χ2n) is 5.09. The van der Waals surface area contributed by atoms with Gasteiger partial charge in [0.05, 0.1) is 4.90 Å². The highest BCUT2D eigenvalue weighted by Crippen LogP contribution is 2.31. The Balaban J connectivity index is 2.33. The molecule has 0 amide bonds. The lowest BCUT2D eigenvalue weighted by Gasteiger charge is -2.36. The van der Waals surface area contributed by atoms with E-state index in [1.54, 1.807) is 28.6 Å². The maximum atomic E-state index is 12.8. The third-order valence-electron chi connectivity index (χ3n) is 3.80. The molecule has 0 atom stereocenters. The summed E-state index contributed by atoms with van der Waals surface area (Å²) in [5.41, 5.74) is 6.29. The summed E-state index contributed by atoms with van der Waals surface area (Å²) in [4.78, 5) is 0.298. The summed E-state index contributed by atoms with van der Waals surface area (Å²) in [7, 11) is -3.53. The third-order valence-corrected chi connectivity index (χ3v) is 5.85. The van der Waals surface area contributed by atoms with Crippen molar-refractivity contribution in [1.29, 1.82) is 0 Å². The number of hydrogen-bond donors (Lipinski definition) is 2. The van der Waals surface area contributed by atoms with E-state index in [1.165, 1.54) is 0 Å². The Bertz CT molecular complexity index is 541. The molecule has 1 aromatic carbocycles. The highest BCUT2D eigenvalue weighted by atomic mass is 32.2. The predicted octanol–water partition coefficient (Wildman–Crippen LogP) is 1.07. The normalized spacial score (nSPS) is 16.4. The van der Waals surface area contributed by atoms with E-state index >= 15 is 0 Å². The van der Waals surface area contributed by atoms with Crippen LogP contribution < -0.4 is 5.73 Å². The minimum absolute atomic E-state index is 0.00270. The first-order chi connectivity index (χ1) is 9.61.